The lowest BCUT2D eigenvalue weighted by Crippen LogP contribution is -2.36. The zero-order valence-corrected chi connectivity index (χ0v) is 11.9. The Bertz CT molecular complexity index is 619. The van der Waals surface area contributed by atoms with Crippen LogP contribution in [0.25, 0.3) is 0 Å². The third-order valence-electron chi connectivity index (χ3n) is 3.94. The summed E-state index contributed by atoms with van der Waals surface area (Å²) in [6.07, 6.45) is 8.92. The fourth-order valence-electron chi connectivity index (χ4n) is 2.73. The minimum atomic E-state index is 0.0325. The van der Waals surface area contributed by atoms with Crippen molar-refractivity contribution in [3.8, 4) is 0 Å². The lowest BCUT2D eigenvalue weighted by atomic mass is 9.96. The Labute approximate surface area is 123 Å². The summed E-state index contributed by atoms with van der Waals surface area (Å²) < 4.78 is 1.71. The van der Waals surface area contributed by atoms with Gasteiger partial charge in [0.05, 0.1) is 12.9 Å². The molecule has 3 heterocycles. The van der Waals surface area contributed by atoms with Gasteiger partial charge < -0.3 is 0 Å². The van der Waals surface area contributed by atoms with Crippen LogP contribution >= 0.6 is 0 Å². The lowest BCUT2D eigenvalue weighted by molar-refractivity contribution is 0.163. The Hall–Kier alpha value is -2.08. The Morgan fingerprint density at radius 1 is 1.14 bits per heavy atom. The molecule has 0 atom stereocenters. The maximum atomic E-state index is 11.7. The van der Waals surface area contributed by atoms with Crippen molar-refractivity contribution in [2.75, 3.05) is 13.1 Å². The first-order chi connectivity index (χ1) is 10.3. The van der Waals surface area contributed by atoms with Crippen LogP contribution < -0.4 is 5.56 Å². The van der Waals surface area contributed by atoms with Gasteiger partial charge in [0, 0.05) is 31.2 Å². The van der Waals surface area contributed by atoms with Gasteiger partial charge in [-0.05, 0) is 37.9 Å². The van der Waals surface area contributed by atoms with E-state index in [0.29, 0.717) is 5.92 Å². The summed E-state index contributed by atoms with van der Waals surface area (Å²) >= 11 is 0. The molecule has 3 rings (SSSR count). The molecule has 0 amide bonds. The number of hydrogen-bond donors (Lipinski definition) is 0. The fourth-order valence-corrected chi connectivity index (χ4v) is 2.73. The van der Waals surface area contributed by atoms with Gasteiger partial charge in [0.1, 0.15) is 5.82 Å². The zero-order chi connectivity index (χ0) is 14.5. The first-order valence-corrected chi connectivity index (χ1v) is 7.30. The number of piperidine rings is 1. The van der Waals surface area contributed by atoms with Crippen molar-refractivity contribution in [2.45, 2.75) is 25.9 Å². The third kappa shape index (κ3) is 3.72. The lowest BCUT2D eigenvalue weighted by Gasteiger charge is -2.31. The maximum Gasteiger partial charge on any atom is 0.253 e. The molecule has 0 bridgehead atoms. The van der Waals surface area contributed by atoms with Crippen LogP contribution in [0.5, 0.6) is 0 Å². The van der Waals surface area contributed by atoms with E-state index in [4.69, 9.17) is 0 Å². The van der Waals surface area contributed by atoms with E-state index in [2.05, 4.69) is 19.9 Å². The predicted molar refractivity (Wildman–Crippen MR) is 78.5 cm³/mol. The van der Waals surface area contributed by atoms with Gasteiger partial charge in [0.15, 0.2) is 0 Å². The normalized spacial score (nSPS) is 17.0. The van der Waals surface area contributed by atoms with E-state index in [1.54, 1.807) is 29.5 Å². The molecule has 110 valence electrons. The van der Waals surface area contributed by atoms with Crippen molar-refractivity contribution >= 4 is 0 Å². The first kappa shape index (κ1) is 13.9. The highest BCUT2D eigenvalue weighted by Crippen LogP contribution is 2.19. The van der Waals surface area contributed by atoms with Gasteiger partial charge in [-0.1, -0.05) is 0 Å². The first-order valence-electron chi connectivity index (χ1n) is 7.30. The highest BCUT2D eigenvalue weighted by Gasteiger charge is 2.20. The van der Waals surface area contributed by atoms with Crippen molar-refractivity contribution < 1.29 is 0 Å². The summed E-state index contributed by atoms with van der Waals surface area (Å²) in [4.78, 5) is 26.6. The van der Waals surface area contributed by atoms with Gasteiger partial charge >= 0.3 is 0 Å². The smallest absolute Gasteiger partial charge is 0.253 e. The molecule has 1 aliphatic heterocycles. The van der Waals surface area contributed by atoms with E-state index in [1.165, 1.54) is 6.07 Å². The zero-order valence-electron chi connectivity index (χ0n) is 11.9. The van der Waals surface area contributed by atoms with Gasteiger partial charge in [-0.15, -0.1) is 0 Å². The highest BCUT2D eigenvalue weighted by molar-refractivity contribution is 4.89. The summed E-state index contributed by atoms with van der Waals surface area (Å²) in [6, 6.07) is 3.35. The molecule has 0 saturated carbocycles. The molecule has 1 fully saturated rings. The minimum Gasteiger partial charge on any atom is -0.299 e. The maximum absolute atomic E-state index is 11.7. The predicted octanol–water partition coefficient (Wildman–Crippen LogP) is 0.945. The van der Waals surface area contributed by atoms with Crippen LogP contribution in [0, 0.1) is 5.92 Å². The van der Waals surface area contributed by atoms with E-state index in [1.807, 2.05) is 6.07 Å². The van der Waals surface area contributed by atoms with Crippen molar-refractivity contribution in [3.05, 3.63) is 53.2 Å². The molecule has 21 heavy (non-hydrogen) atoms. The SMILES string of the molecule is O=c1ccncn1CC1CCN(Cc2ncccn2)CC1. The molecule has 0 unspecified atom stereocenters. The second-order valence-corrected chi connectivity index (χ2v) is 5.46. The Morgan fingerprint density at radius 3 is 2.62 bits per heavy atom. The standard InChI is InChI=1S/C15H19N5O/c21-15-2-7-16-12-20(15)10-13-3-8-19(9-4-13)11-14-17-5-1-6-18-14/h1-2,5-7,12-13H,3-4,8-11H2. The van der Waals surface area contributed by atoms with Gasteiger partial charge in [-0.25, -0.2) is 15.0 Å². The summed E-state index contributed by atoms with van der Waals surface area (Å²) in [7, 11) is 0. The second kappa shape index (κ2) is 6.58. The topological polar surface area (TPSA) is 63.9 Å². The van der Waals surface area contributed by atoms with Crippen LogP contribution in [0.3, 0.4) is 0 Å². The van der Waals surface area contributed by atoms with Crippen molar-refractivity contribution in [2.24, 2.45) is 5.92 Å². The van der Waals surface area contributed by atoms with Gasteiger partial charge in [0.2, 0.25) is 0 Å². The number of nitrogens with zero attached hydrogens (tertiary/aromatic N) is 5. The average Bonchev–Trinajstić information content (AvgIpc) is 2.52. The van der Waals surface area contributed by atoms with Crippen LogP contribution in [0.15, 0.2) is 41.8 Å². The van der Waals surface area contributed by atoms with Crippen molar-refractivity contribution in [1.82, 2.24) is 24.4 Å². The van der Waals surface area contributed by atoms with E-state index in [-0.39, 0.29) is 5.56 Å². The second-order valence-electron chi connectivity index (χ2n) is 5.46. The molecule has 2 aromatic rings. The van der Waals surface area contributed by atoms with E-state index in [0.717, 1.165) is 44.8 Å². The molecular formula is C15H19N5O. The van der Waals surface area contributed by atoms with E-state index in [9.17, 15) is 4.79 Å². The van der Waals surface area contributed by atoms with Crippen LogP contribution in [0.1, 0.15) is 18.7 Å². The molecule has 6 nitrogen and oxygen atoms in total. The van der Waals surface area contributed by atoms with Crippen LogP contribution in [-0.4, -0.2) is 37.5 Å². The minimum absolute atomic E-state index is 0.0325. The summed E-state index contributed by atoms with van der Waals surface area (Å²) in [6.45, 7) is 3.62. The van der Waals surface area contributed by atoms with Crippen molar-refractivity contribution in [3.63, 3.8) is 0 Å². The number of rotatable bonds is 4. The van der Waals surface area contributed by atoms with Gasteiger partial charge in [0.25, 0.3) is 5.56 Å². The molecule has 1 saturated heterocycles. The highest BCUT2D eigenvalue weighted by atomic mass is 16.1. The number of hydrogen-bond acceptors (Lipinski definition) is 5. The molecule has 1 aliphatic rings. The summed E-state index contributed by atoms with van der Waals surface area (Å²) in [5.41, 5.74) is 0.0325. The summed E-state index contributed by atoms with van der Waals surface area (Å²) in [5, 5.41) is 0. The van der Waals surface area contributed by atoms with Crippen LogP contribution in [0.2, 0.25) is 0 Å². The summed E-state index contributed by atoms with van der Waals surface area (Å²) in [5.74, 6) is 1.42. The van der Waals surface area contributed by atoms with Crippen molar-refractivity contribution in [1.29, 1.82) is 0 Å². The average molecular weight is 285 g/mol. The molecule has 0 radical (unpaired) electrons. The molecule has 0 spiro atoms. The molecule has 6 heteroatoms. The van der Waals surface area contributed by atoms with Crippen LogP contribution in [0.4, 0.5) is 0 Å². The molecule has 0 aromatic carbocycles. The molecule has 0 N–H and O–H groups in total. The van der Waals surface area contributed by atoms with E-state index >= 15 is 0 Å². The fraction of sp³-hybridized carbons (Fsp3) is 0.467. The van der Waals surface area contributed by atoms with Crippen LogP contribution in [-0.2, 0) is 13.1 Å². The Balaban J connectivity index is 1.51. The van der Waals surface area contributed by atoms with E-state index < -0.39 is 0 Å². The number of aromatic nitrogens is 4. The Kier molecular flexibility index (Phi) is 4.35. The largest absolute Gasteiger partial charge is 0.299 e. The monoisotopic (exact) mass is 285 g/mol. The number of likely N-dealkylation sites (tertiary alicyclic amines) is 1. The van der Waals surface area contributed by atoms with Gasteiger partial charge in [-0.3, -0.25) is 14.3 Å². The Morgan fingerprint density at radius 2 is 1.90 bits per heavy atom. The molecule has 0 aliphatic carbocycles. The van der Waals surface area contributed by atoms with Gasteiger partial charge in [-0.2, -0.15) is 0 Å². The quantitative estimate of drug-likeness (QED) is 0.836. The molecular weight excluding hydrogens is 266 g/mol. The molecule has 2 aromatic heterocycles. The third-order valence-corrected chi connectivity index (χ3v) is 3.94.